The highest BCUT2D eigenvalue weighted by Crippen LogP contribution is 2.34. The van der Waals surface area contributed by atoms with Gasteiger partial charge in [0, 0.05) is 0 Å². The predicted octanol–water partition coefficient (Wildman–Crippen LogP) is 4.12. The minimum absolute atomic E-state index is 0.189. The van der Waals surface area contributed by atoms with E-state index in [1.165, 1.54) is 35.0 Å². The topological polar surface area (TPSA) is 68.9 Å². The van der Waals surface area contributed by atoms with Crippen molar-refractivity contribution >= 4 is 39.8 Å². The maximum atomic E-state index is 13.1. The first-order valence-electron chi connectivity index (χ1n) is 7.46. The smallest absolute Gasteiger partial charge is 0.282 e. The molecule has 0 saturated carbocycles. The lowest BCUT2D eigenvalue weighted by atomic mass is 10.0. The molecule has 0 aliphatic carbocycles. The van der Waals surface area contributed by atoms with Crippen LogP contribution in [0.15, 0.2) is 39.9 Å². The van der Waals surface area contributed by atoms with Crippen molar-refractivity contribution in [1.82, 2.24) is 5.01 Å². The van der Waals surface area contributed by atoms with Crippen LogP contribution in [0.5, 0.6) is 0 Å². The highest BCUT2D eigenvalue weighted by Gasteiger charge is 2.37. The van der Waals surface area contributed by atoms with Gasteiger partial charge in [-0.2, -0.15) is 28.3 Å². The maximum absolute atomic E-state index is 13.1. The number of amides is 1. The summed E-state index contributed by atoms with van der Waals surface area (Å²) < 4.78 is 39.4. The normalized spacial score (nSPS) is 19.2. The van der Waals surface area contributed by atoms with E-state index in [-0.39, 0.29) is 22.1 Å². The first-order chi connectivity index (χ1) is 11.8. The molecular weight excluding hydrogens is 353 g/mol. The summed E-state index contributed by atoms with van der Waals surface area (Å²) in [5.74, 6) is -1.01. The molecule has 1 N–H and O–H groups in total. The lowest BCUT2D eigenvalue weighted by Gasteiger charge is -2.20. The van der Waals surface area contributed by atoms with Crippen LogP contribution < -0.4 is 0 Å². The Labute approximate surface area is 145 Å². The molecule has 2 aliphatic rings. The summed E-state index contributed by atoms with van der Waals surface area (Å²) in [7, 11) is 0. The van der Waals surface area contributed by atoms with Crippen LogP contribution in [0.1, 0.15) is 30.9 Å². The SMILES string of the molecule is CCCC1=NN2C(=N)/C(=C\c3ccccc3C(F)(F)F)C(=O)N=C2S1. The molecule has 9 heteroatoms. The summed E-state index contributed by atoms with van der Waals surface area (Å²) in [5, 5.41) is 14.6. The number of hydrogen-bond acceptors (Lipinski definition) is 4. The molecule has 0 unspecified atom stereocenters. The third-order valence-electron chi connectivity index (χ3n) is 3.53. The van der Waals surface area contributed by atoms with Gasteiger partial charge >= 0.3 is 6.18 Å². The Kier molecular flexibility index (Phi) is 4.51. The number of fused-ring (bicyclic) bond motifs is 1. The van der Waals surface area contributed by atoms with E-state index in [4.69, 9.17) is 5.41 Å². The monoisotopic (exact) mass is 366 g/mol. The van der Waals surface area contributed by atoms with Crippen LogP contribution >= 0.6 is 11.8 Å². The average molecular weight is 366 g/mol. The Bertz CT molecular complexity index is 842. The summed E-state index contributed by atoms with van der Waals surface area (Å²) >= 11 is 1.20. The van der Waals surface area contributed by atoms with Gasteiger partial charge in [-0.3, -0.25) is 10.2 Å². The number of nitrogens with one attached hydrogen (secondary N) is 1. The number of carbonyl (C=O) groups excluding carboxylic acids is 1. The van der Waals surface area contributed by atoms with Crippen LogP contribution in [0.2, 0.25) is 0 Å². The molecule has 0 radical (unpaired) electrons. The fraction of sp³-hybridized carbons (Fsp3) is 0.250. The van der Waals surface area contributed by atoms with Gasteiger partial charge in [-0.1, -0.05) is 25.1 Å². The first kappa shape index (κ1) is 17.4. The van der Waals surface area contributed by atoms with Gasteiger partial charge in [-0.25, -0.2) is 0 Å². The Morgan fingerprint density at radius 1 is 1.32 bits per heavy atom. The molecular formula is C16H13F3N4OS. The fourth-order valence-corrected chi connectivity index (χ4v) is 3.37. The van der Waals surface area contributed by atoms with Gasteiger partial charge in [0.15, 0.2) is 5.84 Å². The summed E-state index contributed by atoms with van der Waals surface area (Å²) in [6, 6.07) is 4.89. The molecule has 0 aromatic heterocycles. The Morgan fingerprint density at radius 3 is 2.72 bits per heavy atom. The van der Waals surface area contributed by atoms with E-state index in [0.717, 1.165) is 23.6 Å². The molecule has 0 fully saturated rings. The van der Waals surface area contributed by atoms with Gasteiger partial charge in [-0.05, 0) is 42.3 Å². The maximum Gasteiger partial charge on any atom is 0.416 e. The Balaban J connectivity index is 2.01. The van der Waals surface area contributed by atoms with Gasteiger partial charge in [0.1, 0.15) is 5.04 Å². The van der Waals surface area contributed by atoms with Gasteiger partial charge in [0.05, 0.1) is 11.1 Å². The van der Waals surface area contributed by atoms with Crippen molar-refractivity contribution in [2.45, 2.75) is 25.9 Å². The van der Waals surface area contributed by atoms with E-state index >= 15 is 0 Å². The van der Waals surface area contributed by atoms with E-state index < -0.39 is 17.6 Å². The number of halogens is 3. The summed E-state index contributed by atoms with van der Waals surface area (Å²) in [5.41, 5.74) is -1.28. The molecule has 1 aromatic rings. The number of carbonyl (C=O) groups is 1. The lowest BCUT2D eigenvalue weighted by molar-refractivity contribution is -0.137. The van der Waals surface area contributed by atoms with Crippen molar-refractivity contribution in [2.24, 2.45) is 10.1 Å². The number of rotatable bonds is 3. The van der Waals surface area contributed by atoms with Crippen LogP contribution in [0.4, 0.5) is 13.2 Å². The number of alkyl halides is 3. The van der Waals surface area contributed by atoms with Gasteiger partial charge in [0.25, 0.3) is 5.91 Å². The molecule has 5 nitrogen and oxygen atoms in total. The standard InChI is InChI=1S/C16H13F3N4OS/c1-2-5-12-22-23-13(20)10(14(24)21-15(23)25-12)8-9-6-3-4-7-11(9)16(17,18)19/h3-4,6-8,20H,2,5H2,1H3/b10-8+,20-13?. The Morgan fingerprint density at radius 2 is 2.04 bits per heavy atom. The highest BCUT2D eigenvalue weighted by atomic mass is 32.2. The van der Waals surface area contributed by atoms with Crippen molar-refractivity contribution in [3.05, 3.63) is 41.0 Å². The lowest BCUT2D eigenvalue weighted by Crippen LogP contribution is -2.35. The summed E-state index contributed by atoms with van der Waals surface area (Å²) in [4.78, 5) is 16.1. The number of nitrogens with zero attached hydrogens (tertiary/aromatic N) is 3. The summed E-state index contributed by atoms with van der Waals surface area (Å²) in [6.45, 7) is 1.97. The Hall–Kier alpha value is -2.42. The van der Waals surface area contributed by atoms with Crippen LogP contribution in [-0.2, 0) is 11.0 Å². The van der Waals surface area contributed by atoms with Crippen molar-refractivity contribution in [3.8, 4) is 0 Å². The number of hydrogen-bond donors (Lipinski definition) is 1. The molecule has 130 valence electrons. The molecule has 0 bridgehead atoms. The third-order valence-corrected chi connectivity index (χ3v) is 4.49. The fourth-order valence-electron chi connectivity index (χ4n) is 2.38. The van der Waals surface area contributed by atoms with Crippen LogP contribution in [0.25, 0.3) is 6.08 Å². The van der Waals surface area contributed by atoms with Crippen LogP contribution in [-0.4, -0.2) is 27.0 Å². The molecule has 3 rings (SSSR count). The molecule has 1 aromatic carbocycles. The van der Waals surface area contributed by atoms with Crippen molar-refractivity contribution in [2.75, 3.05) is 0 Å². The van der Waals surface area contributed by atoms with E-state index in [1.807, 2.05) is 6.92 Å². The zero-order valence-corrected chi connectivity index (χ0v) is 13.9. The highest BCUT2D eigenvalue weighted by molar-refractivity contribution is 8.26. The average Bonchev–Trinajstić information content (AvgIpc) is 2.94. The first-order valence-corrected chi connectivity index (χ1v) is 8.28. The zero-order chi connectivity index (χ0) is 18.2. The van der Waals surface area contributed by atoms with Gasteiger partial charge in [-0.15, -0.1) is 0 Å². The van der Waals surface area contributed by atoms with E-state index in [0.29, 0.717) is 6.42 Å². The molecule has 0 atom stereocenters. The predicted molar refractivity (Wildman–Crippen MR) is 91.4 cm³/mol. The number of amidine groups is 2. The minimum atomic E-state index is -4.56. The quantitative estimate of drug-likeness (QED) is 0.818. The molecule has 25 heavy (non-hydrogen) atoms. The number of hydrazone groups is 1. The number of aliphatic imine (C=N–C) groups is 1. The largest absolute Gasteiger partial charge is 0.416 e. The minimum Gasteiger partial charge on any atom is -0.282 e. The number of thioether (sulfide) groups is 1. The van der Waals surface area contributed by atoms with Crippen LogP contribution in [0.3, 0.4) is 0 Å². The summed E-state index contributed by atoms with van der Waals surface area (Å²) in [6.07, 6.45) is -1.99. The van der Waals surface area contributed by atoms with Gasteiger partial charge in [0.2, 0.25) is 5.17 Å². The molecule has 0 spiro atoms. The van der Waals surface area contributed by atoms with Crippen molar-refractivity contribution in [1.29, 1.82) is 5.41 Å². The second-order valence-corrected chi connectivity index (χ2v) is 6.39. The van der Waals surface area contributed by atoms with E-state index in [1.54, 1.807) is 0 Å². The third kappa shape index (κ3) is 3.37. The van der Waals surface area contributed by atoms with Crippen molar-refractivity contribution in [3.63, 3.8) is 0 Å². The van der Waals surface area contributed by atoms with Gasteiger partial charge < -0.3 is 0 Å². The van der Waals surface area contributed by atoms with Crippen molar-refractivity contribution < 1.29 is 18.0 Å². The second-order valence-electron chi connectivity index (χ2n) is 5.35. The molecule has 1 amide bonds. The molecule has 0 saturated heterocycles. The molecule has 2 aliphatic heterocycles. The number of benzene rings is 1. The van der Waals surface area contributed by atoms with E-state index in [9.17, 15) is 18.0 Å². The second kappa shape index (κ2) is 6.47. The van der Waals surface area contributed by atoms with Crippen LogP contribution in [0, 0.1) is 5.41 Å². The molecule has 2 heterocycles. The zero-order valence-electron chi connectivity index (χ0n) is 13.1. The van der Waals surface area contributed by atoms with E-state index in [2.05, 4.69) is 10.1 Å².